The van der Waals surface area contributed by atoms with Gasteiger partial charge >= 0.3 is 6.09 Å². The number of hydrogen-bond acceptors (Lipinski definition) is 4. The van der Waals surface area contributed by atoms with Crippen LogP contribution in [0.5, 0.6) is 0 Å². The molecular weight excluding hydrogens is 364 g/mol. The molecular formula is C21H27F2N3O2. The molecule has 2 heterocycles. The van der Waals surface area contributed by atoms with E-state index in [1.807, 2.05) is 20.8 Å². The number of nitrogens with one attached hydrogen (secondary N) is 1. The summed E-state index contributed by atoms with van der Waals surface area (Å²) in [4.78, 5) is 18.2. The third kappa shape index (κ3) is 5.38. The molecule has 1 fully saturated rings. The van der Waals surface area contributed by atoms with Crippen LogP contribution in [0.15, 0.2) is 24.4 Å². The molecule has 0 saturated carbocycles. The quantitative estimate of drug-likeness (QED) is 0.855. The molecule has 1 aliphatic rings. The van der Waals surface area contributed by atoms with Crippen LogP contribution >= 0.6 is 0 Å². The monoisotopic (exact) mass is 391 g/mol. The summed E-state index contributed by atoms with van der Waals surface area (Å²) in [5.41, 5.74) is 0.582. The van der Waals surface area contributed by atoms with Gasteiger partial charge in [0.25, 0.3) is 0 Å². The smallest absolute Gasteiger partial charge is 0.407 e. The number of pyridine rings is 1. The zero-order valence-electron chi connectivity index (χ0n) is 16.6. The van der Waals surface area contributed by atoms with Gasteiger partial charge in [0, 0.05) is 36.6 Å². The van der Waals surface area contributed by atoms with Crippen LogP contribution in [0.3, 0.4) is 0 Å². The normalized spacial score (nSPS) is 16.3. The van der Waals surface area contributed by atoms with Crippen molar-refractivity contribution >= 4 is 17.0 Å². The first-order valence-corrected chi connectivity index (χ1v) is 9.66. The van der Waals surface area contributed by atoms with Gasteiger partial charge in [-0.1, -0.05) is 0 Å². The molecule has 0 bridgehead atoms. The van der Waals surface area contributed by atoms with Gasteiger partial charge < -0.3 is 15.0 Å². The van der Waals surface area contributed by atoms with E-state index < -0.39 is 23.3 Å². The van der Waals surface area contributed by atoms with E-state index in [0.29, 0.717) is 29.4 Å². The maximum absolute atomic E-state index is 14.3. The summed E-state index contributed by atoms with van der Waals surface area (Å²) in [5, 5.41) is 3.44. The first-order valence-electron chi connectivity index (χ1n) is 9.66. The summed E-state index contributed by atoms with van der Waals surface area (Å²) in [6.07, 6.45) is 2.92. The van der Waals surface area contributed by atoms with E-state index in [9.17, 15) is 13.6 Å². The van der Waals surface area contributed by atoms with E-state index in [2.05, 4.69) is 15.2 Å². The van der Waals surface area contributed by atoms with Crippen molar-refractivity contribution < 1.29 is 18.3 Å². The van der Waals surface area contributed by atoms with E-state index in [1.54, 1.807) is 6.07 Å². The van der Waals surface area contributed by atoms with Gasteiger partial charge in [0.1, 0.15) is 17.2 Å². The highest BCUT2D eigenvalue weighted by Crippen LogP contribution is 2.22. The van der Waals surface area contributed by atoms with Crippen molar-refractivity contribution in [1.29, 1.82) is 0 Å². The Balaban J connectivity index is 1.54. The summed E-state index contributed by atoms with van der Waals surface area (Å²) < 4.78 is 33.2. The average molecular weight is 391 g/mol. The second-order valence-corrected chi connectivity index (χ2v) is 8.26. The zero-order chi connectivity index (χ0) is 20.3. The topological polar surface area (TPSA) is 54.5 Å². The van der Waals surface area contributed by atoms with E-state index in [1.165, 1.54) is 18.3 Å². The number of benzene rings is 1. The largest absolute Gasteiger partial charge is 0.444 e. The lowest BCUT2D eigenvalue weighted by Crippen LogP contribution is -2.46. The maximum Gasteiger partial charge on any atom is 0.407 e. The number of rotatable bonds is 4. The molecule has 0 aliphatic carbocycles. The summed E-state index contributed by atoms with van der Waals surface area (Å²) in [6, 6.07) is 4.33. The fourth-order valence-electron chi connectivity index (χ4n) is 3.49. The van der Waals surface area contributed by atoms with Crippen molar-refractivity contribution in [2.45, 2.75) is 51.7 Å². The highest BCUT2D eigenvalue weighted by Gasteiger charge is 2.23. The Morgan fingerprint density at radius 1 is 1.29 bits per heavy atom. The van der Waals surface area contributed by atoms with Crippen LogP contribution in [0.25, 0.3) is 10.9 Å². The van der Waals surface area contributed by atoms with Crippen LogP contribution in [0.4, 0.5) is 13.6 Å². The molecule has 1 aliphatic heterocycles. The molecule has 1 aromatic heterocycles. The van der Waals surface area contributed by atoms with E-state index in [4.69, 9.17) is 4.74 Å². The Bertz CT molecular complexity index is 838. The number of fused-ring (bicyclic) bond motifs is 1. The Morgan fingerprint density at radius 3 is 2.68 bits per heavy atom. The minimum absolute atomic E-state index is 0.0821. The Labute approximate surface area is 164 Å². The van der Waals surface area contributed by atoms with Gasteiger partial charge in [-0.25, -0.2) is 13.6 Å². The summed E-state index contributed by atoms with van der Waals surface area (Å²) in [6.45, 7) is 7.79. The fourth-order valence-corrected chi connectivity index (χ4v) is 3.49. The van der Waals surface area contributed by atoms with Crippen molar-refractivity contribution in [2.75, 3.05) is 19.6 Å². The van der Waals surface area contributed by atoms with Gasteiger partial charge in [-0.05, 0) is 58.2 Å². The number of piperidine rings is 1. The first kappa shape index (κ1) is 20.5. The van der Waals surface area contributed by atoms with Gasteiger partial charge in [-0.2, -0.15) is 0 Å². The molecule has 1 aromatic carbocycles. The standard InChI is InChI=1S/C21H27F2N3O2/c1-21(2,3)28-20(27)25-15-6-9-26(10-7-15)11-8-16-17-12-14(22)4-5-19(17)24-13-18(16)23/h4-5,12-13,15H,6-11H2,1-3H3,(H,25,27). The average Bonchev–Trinajstić information content (AvgIpc) is 2.60. The van der Waals surface area contributed by atoms with Crippen LogP contribution in [-0.2, 0) is 11.2 Å². The fraction of sp³-hybridized carbons (Fsp3) is 0.524. The molecule has 1 N–H and O–H groups in total. The highest BCUT2D eigenvalue weighted by molar-refractivity contribution is 5.82. The second-order valence-electron chi connectivity index (χ2n) is 8.26. The van der Waals surface area contributed by atoms with Crippen LogP contribution in [0, 0.1) is 11.6 Å². The number of nitrogens with zero attached hydrogens (tertiary/aromatic N) is 2. The lowest BCUT2D eigenvalue weighted by molar-refractivity contribution is 0.0479. The Kier molecular flexibility index (Phi) is 6.13. The third-order valence-electron chi connectivity index (χ3n) is 4.88. The van der Waals surface area contributed by atoms with Gasteiger partial charge in [0.05, 0.1) is 11.7 Å². The van der Waals surface area contributed by atoms with Gasteiger partial charge in [-0.15, -0.1) is 0 Å². The number of alkyl carbamates (subject to hydrolysis) is 1. The molecule has 5 nitrogen and oxygen atoms in total. The number of likely N-dealkylation sites (tertiary alicyclic amines) is 1. The third-order valence-corrected chi connectivity index (χ3v) is 4.88. The minimum Gasteiger partial charge on any atom is -0.444 e. The Morgan fingerprint density at radius 2 is 2.00 bits per heavy atom. The van der Waals surface area contributed by atoms with Gasteiger partial charge in [-0.3, -0.25) is 4.98 Å². The SMILES string of the molecule is CC(C)(C)OC(=O)NC1CCN(CCc2c(F)cnc3ccc(F)cc23)CC1. The first-order chi connectivity index (χ1) is 13.2. The Hall–Kier alpha value is -2.28. The predicted molar refractivity (Wildman–Crippen MR) is 104 cm³/mol. The number of ether oxygens (including phenoxy) is 1. The number of aromatic nitrogens is 1. The summed E-state index contributed by atoms with van der Waals surface area (Å²) in [5.74, 6) is -0.797. The molecule has 0 atom stereocenters. The number of amides is 1. The second kappa shape index (κ2) is 8.39. The van der Waals surface area contributed by atoms with Crippen molar-refractivity contribution in [2.24, 2.45) is 0 Å². The molecule has 0 spiro atoms. The molecule has 2 aromatic rings. The maximum atomic E-state index is 14.3. The molecule has 1 amide bonds. The lowest BCUT2D eigenvalue weighted by Gasteiger charge is -2.32. The summed E-state index contributed by atoms with van der Waals surface area (Å²) in [7, 11) is 0. The number of hydrogen-bond donors (Lipinski definition) is 1. The molecule has 7 heteroatoms. The van der Waals surface area contributed by atoms with Crippen LogP contribution < -0.4 is 5.32 Å². The molecule has 0 unspecified atom stereocenters. The molecule has 3 rings (SSSR count). The highest BCUT2D eigenvalue weighted by atomic mass is 19.1. The zero-order valence-corrected chi connectivity index (χ0v) is 16.6. The van der Waals surface area contributed by atoms with Crippen LogP contribution in [-0.4, -0.2) is 47.3 Å². The van der Waals surface area contributed by atoms with Crippen molar-refractivity contribution in [1.82, 2.24) is 15.2 Å². The minimum atomic E-state index is -0.512. The van der Waals surface area contributed by atoms with Gasteiger partial charge in [0.15, 0.2) is 0 Å². The number of carbonyl (C=O) groups is 1. The number of halogens is 2. The molecule has 28 heavy (non-hydrogen) atoms. The van der Waals surface area contributed by atoms with Gasteiger partial charge in [0.2, 0.25) is 0 Å². The van der Waals surface area contributed by atoms with Crippen molar-refractivity contribution in [3.8, 4) is 0 Å². The lowest BCUT2D eigenvalue weighted by atomic mass is 10.0. The van der Waals surface area contributed by atoms with E-state index in [0.717, 1.165) is 25.9 Å². The van der Waals surface area contributed by atoms with Crippen molar-refractivity contribution in [3.63, 3.8) is 0 Å². The van der Waals surface area contributed by atoms with Crippen LogP contribution in [0.2, 0.25) is 0 Å². The van der Waals surface area contributed by atoms with Crippen molar-refractivity contribution in [3.05, 3.63) is 41.6 Å². The predicted octanol–water partition coefficient (Wildman–Crippen LogP) is 4.04. The molecule has 152 valence electrons. The summed E-state index contributed by atoms with van der Waals surface area (Å²) >= 11 is 0. The molecule has 1 saturated heterocycles. The van der Waals surface area contributed by atoms with Crippen LogP contribution in [0.1, 0.15) is 39.2 Å². The van der Waals surface area contributed by atoms with E-state index in [-0.39, 0.29) is 6.04 Å². The number of carbonyl (C=O) groups excluding carboxylic acids is 1. The van der Waals surface area contributed by atoms with E-state index >= 15 is 0 Å². The molecule has 0 radical (unpaired) electrons.